The first-order valence-electron chi connectivity index (χ1n) is 7.12. The first kappa shape index (κ1) is 12.4. The van der Waals surface area contributed by atoms with E-state index in [1.165, 1.54) is 25.8 Å². The fourth-order valence-corrected chi connectivity index (χ4v) is 3.27. The molecule has 3 atom stereocenters. The van der Waals surface area contributed by atoms with E-state index in [9.17, 15) is 0 Å². The monoisotopic (exact) mass is 224 g/mol. The Balaban J connectivity index is 1.50. The summed E-state index contributed by atoms with van der Waals surface area (Å²) in [5.74, 6) is 3.99. The zero-order valence-electron chi connectivity index (χ0n) is 11.1. The third-order valence-corrected chi connectivity index (χ3v) is 4.29. The molecule has 94 valence electrons. The average Bonchev–Trinajstić information content (AvgIpc) is 2.68. The van der Waals surface area contributed by atoms with Crippen molar-refractivity contribution in [3.05, 3.63) is 0 Å². The van der Waals surface area contributed by atoms with Gasteiger partial charge in [0.2, 0.25) is 0 Å². The minimum absolute atomic E-state index is 0.625. The summed E-state index contributed by atoms with van der Waals surface area (Å²) >= 11 is 0. The minimum Gasteiger partial charge on any atom is -0.315 e. The van der Waals surface area contributed by atoms with Crippen molar-refractivity contribution in [3.63, 3.8) is 0 Å². The van der Waals surface area contributed by atoms with E-state index in [-0.39, 0.29) is 0 Å². The van der Waals surface area contributed by atoms with Gasteiger partial charge in [0.1, 0.15) is 0 Å². The van der Waals surface area contributed by atoms with Crippen LogP contribution in [-0.2, 0) is 0 Å². The SMILES string of the molecule is CC(C)CNCC(C)NCC1C2CCCC21. The fraction of sp³-hybridized carbons (Fsp3) is 1.00. The van der Waals surface area contributed by atoms with Gasteiger partial charge in [-0.25, -0.2) is 0 Å². The largest absolute Gasteiger partial charge is 0.315 e. The van der Waals surface area contributed by atoms with E-state index in [2.05, 4.69) is 31.4 Å². The minimum atomic E-state index is 0.625. The van der Waals surface area contributed by atoms with Gasteiger partial charge in [-0.2, -0.15) is 0 Å². The zero-order chi connectivity index (χ0) is 11.5. The van der Waals surface area contributed by atoms with Crippen LogP contribution in [0.25, 0.3) is 0 Å². The fourth-order valence-electron chi connectivity index (χ4n) is 3.27. The summed E-state index contributed by atoms with van der Waals surface area (Å²) in [6.07, 6.45) is 4.52. The van der Waals surface area contributed by atoms with Gasteiger partial charge in [0.25, 0.3) is 0 Å². The molecule has 2 rings (SSSR count). The van der Waals surface area contributed by atoms with Gasteiger partial charge in [-0.1, -0.05) is 20.3 Å². The van der Waals surface area contributed by atoms with E-state index in [0.29, 0.717) is 6.04 Å². The van der Waals surface area contributed by atoms with Crippen molar-refractivity contribution in [1.82, 2.24) is 10.6 Å². The molecule has 0 bridgehead atoms. The molecule has 0 heterocycles. The molecule has 3 unspecified atom stereocenters. The molecule has 2 heteroatoms. The highest BCUT2D eigenvalue weighted by Gasteiger charge is 2.51. The second-order valence-corrected chi connectivity index (χ2v) is 6.28. The predicted octanol–water partition coefficient (Wildman–Crippen LogP) is 2.26. The lowest BCUT2D eigenvalue weighted by atomic mass is 10.1. The van der Waals surface area contributed by atoms with Gasteiger partial charge < -0.3 is 10.6 Å². The molecule has 0 aromatic heterocycles. The topological polar surface area (TPSA) is 24.1 Å². The lowest BCUT2D eigenvalue weighted by Gasteiger charge is -2.16. The van der Waals surface area contributed by atoms with E-state index in [1.807, 2.05) is 0 Å². The summed E-state index contributed by atoms with van der Waals surface area (Å²) in [6.45, 7) is 10.3. The Morgan fingerprint density at radius 1 is 1.06 bits per heavy atom. The van der Waals surface area contributed by atoms with Crippen molar-refractivity contribution in [1.29, 1.82) is 0 Å². The van der Waals surface area contributed by atoms with Gasteiger partial charge in [0.05, 0.1) is 0 Å². The van der Waals surface area contributed by atoms with Crippen LogP contribution in [0.15, 0.2) is 0 Å². The zero-order valence-corrected chi connectivity index (χ0v) is 11.1. The Morgan fingerprint density at radius 3 is 2.38 bits per heavy atom. The molecule has 2 aliphatic rings. The lowest BCUT2D eigenvalue weighted by Crippen LogP contribution is -2.38. The molecular formula is C14H28N2. The van der Waals surface area contributed by atoms with E-state index < -0.39 is 0 Å². The summed E-state index contributed by atoms with van der Waals surface area (Å²) in [5, 5.41) is 7.20. The van der Waals surface area contributed by atoms with Crippen LogP contribution in [0.3, 0.4) is 0 Å². The van der Waals surface area contributed by atoms with E-state index in [0.717, 1.165) is 36.8 Å². The molecule has 0 spiro atoms. The normalized spacial score (nSPS) is 34.1. The molecule has 16 heavy (non-hydrogen) atoms. The summed E-state index contributed by atoms with van der Waals surface area (Å²) < 4.78 is 0. The van der Waals surface area contributed by atoms with Crippen molar-refractivity contribution < 1.29 is 0 Å². The highest BCUT2D eigenvalue weighted by molar-refractivity contribution is 5.02. The third-order valence-electron chi connectivity index (χ3n) is 4.29. The molecule has 2 saturated carbocycles. The first-order valence-corrected chi connectivity index (χ1v) is 7.12. The summed E-state index contributed by atoms with van der Waals surface area (Å²) in [7, 11) is 0. The van der Waals surface area contributed by atoms with Crippen LogP contribution >= 0.6 is 0 Å². The van der Waals surface area contributed by atoms with E-state index >= 15 is 0 Å². The molecule has 0 aromatic rings. The molecule has 0 saturated heterocycles. The van der Waals surface area contributed by atoms with Crippen LogP contribution < -0.4 is 10.6 Å². The standard InChI is InChI=1S/C14H28N2/c1-10(2)7-15-8-11(3)16-9-14-12-5-4-6-13(12)14/h10-16H,4-9H2,1-3H3. The quantitative estimate of drug-likeness (QED) is 0.693. The Morgan fingerprint density at radius 2 is 1.75 bits per heavy atom. The number of fused-ring (bicyclic) bond motifs is 1. The molecule has 2 N–H and O–H groups in total. The molecule has 0 amide bonds. The lowest BCUT2D eigenvalue weighted by molar-refractivity contribution is 0.445. The van der Waals surface area contributed by atoms with Crippen LogP contribution in [0.2, 0.25) is 0 Å². The highest BCUT2D eigenvalue weighted by Crippen LogP contribution is 2.56. The van der Waals surface area contributed by atoms with Gasteiger partial charge in [-0.3, -0.25) is 0 Å². The second kappa shape index (κ2) is 5.50. The maximum Gasteiger partial charge on any atom is 0.0164 e. The Hall–Kier alpha value is -0.0800. The Bertz CT molecular complexity index is 205. The van der Waals surface area contributed by atoms with E-state index in [1.54, 1.807) is 0 Å². The van der Waals surface area contributed by atoms with Gasteiger partial charge >= 0.3 is 0 Å². The van der Waals surface area contributed by atoms with Crippen LogP contribution in [0.4, 0.5) is 0 Å². The van der Waals surface area contributed by atoms with Gasteiger partial charge in [0.15, 0.2) is 0 Å². The molecular weight excluding hydrogens is 196 g/mol. The Labute approximate surface area is 101 Å². The van der Waals surface area contributed by atoms with Gasteiger partial charge in [-0.05, 0) is 56.5 Å². The maximum atomic E-state index is 3.68. The van der Waals surface area contributed by atoms with Crippen molar-refractivity contribution in [2.45, 2.75) is 46.1 Å². The second-order valence-electron chi connectivity index (χ2n) is 6.28. The third kappa shape index (κ3) is 3.21. The van der Waals surface area contributed by atoms with Crippen LogP contribution in [0, 0.1) is 23.7 Å². The molecule has 2 nitrogen and oxygen atoms in total. The number of hydrogen-bond donors (Lipinski definition) is 2. The molecule has 2 aliphatic carbocycles. The molecule has 2 fully saturated rings. The number of hydrogen-bond acceptors (Lipinski definition) is 2. The smallest absolute Gasteiger partial charge is 0.0164 e. The summed E-state index contributed by atoms with van der Waals surface area (Å²) in [4.78, 5) is 0. The highest BCUT2D eigenvalue weighted by atomic mass is 15.0. The first-order chi connectivity index (χ1) is 7.68. The maximum absolute atomic E-state index is 3.68. The number of nitrogens with one attached hydrogen (secondary N) is 2. The van der Waals surface area contributed by atoms with Crippen LogP contribution in [0.1, 0.15) is 40.0 Å². The Kier molecular flexibility index (Phi) is 4.26. The van der Waals surface area contributed by atoms with Gasteiger partial charge in [0, 0.05) is 12.6 Å². The van der Waals surface area contributed by atoms with Crippen LogP contribution in [-0.4, -0.2) is 25.7 Å². The number of rotatable bonds is 7. The van der Waals surface area contributed by atoms with Crippen molar-refractivity contribution in [3.8, 4) is 0 Å². The molecule has 0 aliphatic heterocycles. The van der Waals surface area contributed by atoms with Crippen molar-refractivity contribution >= 4 is 0 Å². The molecule has 0 radical (unpaired) electrons. The predicted molar refractivity (Wildman–Crippen MR) is 69.5 cm³/mol. The summed E-state index contributed by atoms with van der Waals surface area (Å²) in [5.41, 5.74) is 0. The average molecular weight is 224 g/mol. The van der Waals surface area contributed by atoms with Crippen molar-refractivity contribution in [2.75, 3.05) is 19.6 Å². The molecule has 0 aromatic carbocycles. The van der Waals surface area contributed by atoms with Crippen molar-refractivity contribution in [2.24, 2.45) is 23.7 Å². The van der Waals surface area contributed by atoms with Gasteiger partial charge in [-0.15, -0.1) is 0 Å². The van der Waals surface area contributed by atoms with E-state index in [4.69, 9.17) is 0 Å². The van der Waals surface area contributed by atoms with Crippen LogP contribution in [0.5, 0.6) is 0 Å². The summed E-state index contributed by atoms with van der Waals surface area (Å²) in [6, 6.07) is 0.625.